The van der Waals surface area contributed by atoms with Gasteiger partial charge in [0.25, 0.3) is 5.91 Å². The van der Waals surface area contributed by atoms with Crippen molar-refractivity contribution in [3.63, 3.8) is 0 Å². The smallest absolute Gasteiger partial charge is 0.257 e. The van der Waals surface area contributed by atoms with Crippen LogP contribution in [-0.4, -0.2) is 10.9 Å². The number of carbonyl (C=O) groups is 1. The van der Waals surface area contributed by atoms with Gasteiger partial charge >= 0.3 is 0 Å². The van der Waals surface area contributed by atoms with Crippen molar-refractivity contribution < 1.29 is 13.6 Å². The third-order valence-corrected chi connectivity index (χ3v) is 5.61. The molecule has 1 atom stereocenters. The first-order valence-corrected chi connectivity index (χ1v) is 10.00. The van der Waals surface area contributed by atoms with Crippen LogP contribution in [0.3, 0.4) is 0 Å². The number of aromatic nitrogens is 1. The normalized spacial score (nSPS) is 11.9. The van der Waals surface area contributed by atoms with Crippen molar-refractivity contribution in [3.05, 3.63) is 74.0 Å². The van der Waals surface area contributed by atoms with Gasteiger partial charge in [-0.2, -0.15) is 0 Å². The van der Waals surface area contributed by atoms with E-state index in [4.69, 9.17) is 5.73 Å². The van der Waals surface area contributed by atoms with Gasteiger partial charge in [0.1, 0.15) is 11.4 Å². The van der Waals surface area contributed by atoms with Gasteiger partial charge in [-0.15, -0.1) is 11.3 Å². The van der Waals surface area contributed by atoms with Crippen molar-refractivity contribution in [2.75, 3.05) is 11.1 Å². The number of carbonyl (C=O) groups excluding carboxylic acids is 1. The molecule has 1 aromatic carbocycles. The Kier molecular flexibility index (Phi) is 6.25. The van der Waals surface area contributed by atoms with Crippen LogP contribution in [0.25, 0.3) is 0 Å². The summed E-state index contributed by atoms with van der Waals surface area (Å²) in [7, 11) is 0. The number of nitrogen functional groups attached to an aromatic ring is 1. The maximum atomic E-state index is 13.5. The average molecular weight is 467 g/mol. The van der Waals surface area contributed by atoms with Crippen molar-refractivity contribution in [2.45, 2.75) is 19.5 Å². The number of benzene rings is 1. The largest absolute Gasteiger partial charge is 0.397 e. The molecule has 0 aliphatic heterocycles. The Bertz CT molecular complexity index is 998. The lowest BCUT2D eigenvalue weighted by Crippen LogP contribution is -2.29. The van der Waals surface area contributed by atoms with E-state index in [0.29, 0.717) is 22.4 Å². The number of nitrogens with one attached hydrogen (secondary N) is 2. The molecule has 0 aliphatic rings. The lowest BCUT2D eigenvalue weighted by Gasteiger charge is -2.18. The molecule has 0 aliphatic carbocycles. The highest BCUT2D eigenvalue weighted by molar-refractivity contribution is 9.10. The zero-order chi connectivity index (χ0) is 20.3. The maximum absolute atomic E-state index is 13.5. The second-order valence-electron chi connectivity index (χ2n) is 6.05. The number of halogens is 3. The summed E-state index contributed by atoms with van der Waals surface area (Å²) in [5.41, 5.74) is 6.95. The van der Waals surface area contributed by atoms with Gasteiger partial charge in [-0.3, -0.25) is 4.79 Å². The van der Waals surface area contributed by atoms with E-state index >= 15 is 0 Å². The van der Waals surface area contributed by atoms with Crippen molar-refractivity contribution in [3.8, 4) is 0 Å². The Balaban J connectivity index is 1.82. The summed E-state index contributed by atoms with van der Waals surface area (Å²) in [6.45, 7) is 2.16. The molecule has 4 N–H and O–H groups in total. The summed E-state index contributed by atoms with van der Waals surface area (Å²) in [6, 6.07) is 6.83. The number of anilines is 2. The Morgan fingerprint density at radius 1 is 1.32 bits per heavy atom. The van der Waals surface area contributed by atoms with Crippen LogP contribution in [0.5, 0.6) is 0 Å². The highest BCUT2D eigenvalue weighted by Gasteiger charge is 2.21. The molecule has 5 nitrogen and oxygen atoms in total. The van der Waals surface area contributed by atoms with E-state index < -0.39 is 23.6 Å². The fraction of sp³-hybridized carbons (Fsp3) is 0.158. The SMILES string of the molecule is CC(NC(=O)c1c(NCc2cccs2)ncc(Br)c1N)c1ccc(F)c(F)c1. The van der Waals surface area contributed by atoms with Crippen molar-refractivity contribution >= 4 is 44.7 Å². The predicted molar refractivity (Wildman–Crippen MR) is 110 cm³/mol. The van der Waals surface area contributed by atoms with E-state index in [-0.39, 0.29) is 11.3 Å². The van der Waals surface area contributed by atoms with E-state index in [0.717, 1.165) is 17.0 Å². The molecule has 3 aromatic rings. The quantitative estimate of drug-likeness (QED) is 0.484. The number of hydrogen-bond acceptors (Lipinski definition) is 5. The monoisotopic (exact) mass is 466 g/mol. The lowest BCUT2D eigenvalue weighted by molar-refractivity contribution is 0.0941. The van der Waals surface area contributed by atoms with Gasteiger partial charge in [0.05, 0.1) is 22.7 Å². The summed E-state index contributed by atoms with van der Waals surface area (Å²) in [6.07, 6.45) is 1.52. The van der Waals surface area contributed by atoms with E-state index in [1.165, 1.54) is 12.3 Å². The summed E-state index contributed by atoms with van der Waals surface area (Å²) in [4.78, 5) is 18.2. The number of nitrogens with two attached hydrogens (primary N) is 1. The third kappa shape index (κ3) is 4.48. The topological polar surface area (TPSA) is 80.0 Å². The molecule has 0 fully saturated rings. The van der Waals surface area contributed by atoms with Crippen LogP contribution in [0.1, 0.15) is 33.8 Å². The first kappa shape index (κ1) is 20.2. The van der Waals surface area contributed by atoms with E-state index in [1.807, 2.05) is 17.5 Å². The molecule has 0 radical (unpaired) electrons. The highest BCUT2D eigenvalue weighted by atomic mass is 79.9. The highest BCUT2D eigenvalue weighted by Crippen LogP contribution is 2.29. The van der Waals surface area contributed by atoms with Crippen molar-refractivity contribution in [2.24, 2.45) is 0 Å². The summed E-state index contributed by atoms with van der Waals surface area (Å²) < 4.78 is 27.1. The Hall–Kier alpha value is -2.52. The first-order valence-electron chi connectivity index (χ1n) is 8.33. The van der Waals surface area contributed by atoms with Crippen molar-refractivity contribution in [1.82, 2.24) is 10.3 Å². The number of hydrogen-bond donors (Lipinski definition) is 3. The number of nitrogens with zero attached hydrogens (tertiary/aromatic N) is 1. The number of pyridine rings is 1. The molecular formula is C19H17BrF2N4OS. The molecule has 0 saturated heterocycles. The molecule has 2 heterocycles. The summed E-state index contributed by atoms with van der Waals surface area (Å²) in [5, 5.41) is 7.83. The van der Waals surface area contributed by atoms with Gasteiger partial charge in [-0.05, 0) is 52.0 Å². The molecule has 1 unspecified atom stereocenters. The second-order valence-corrected chi connectivity index (χ2v) is 7.93. The van der Waals surface area contributed by atoms with Crippen LogP contribution in [0, 0.1) is 11.6 Å². The second kappa shape index (κ2) is 8.66. The number of amides is 1. The van der Waals surface area contributed by atoms with Crippen LogP contribution < -0.4 is 16.4 Å². The van der Waals surface area contributed by atoms with E-state index in [1.54, 1.807) is 18.3 Å². The van der Waals surface area contributed by atoms with Gasteiger partial charge in [0.15, 0.2) is 11.6 Å². The Labute approximate surface area is 173 Å². The Morgan fingerprint density at radius 3 is 2.79 bits per heavy atom. The van der Waals surface area contributed by atoms with Gasteiger partial charge in [-0.25, -0.2) is 13.8 Å². The third-order valence-electron chi connectivity index (χ3n) is 4.10. The fourth-order valence-corrected chi connectivity index (χ4v) is 3.53. The molecule has 9 heteroatoms. The van der Waals surface area contributed by atoms with Crippen LogP contribution >= 0.6 is 27.3 Å². The molecule has 3 rings (SSSR count). The molecule has 1 amide bonds. The van der Waals surface area contributed by atoms with Crippen LogP contribution in [0.4, 0.5) is 20.3 Å². The summed E-state index contributed by atoms with van der Waals surface area (Å²) >= 11 is 4.86. The minimum Gasteiger partial charge on any atom is -0.397 e. The molecule has 0 spiro atoms. The van der Waals surface area contributed by atoms with Gasteiger partial charge in [-0.1, -0.05) is 12.1 Å². The average Bonchev–Trinajstić information content (AvgIpc) is 3.18. The van der Waals surface area contributed by atoms with Gasteiger partial charge in [0, 0.05) is 11.1 Å². The maximum Gasteiger partial charge on any atom is 0.257 e. The van der Waals surface area contributed by atoms with Crippen LogP contribution in [-0.2, 0) is 6.54 Å². The van der Waals surface area contributed by atoms with Gasteiger partial charge in [0.2, 0.25) is 0 Å². The Morgan fingerprint density at radius 2 is 2.11 bits per heavy atom. The van der Waals surface area contributed by atoms with Crippen LogP contribution in [0.2, 0.25) is 0 Å². The van der Waals surface area contributed by atoms with E-state index in [2.05, 4.69) is 31.5 Å². The molecular weight excluding hydrogens is 450 g/mol. The fourth-order valence-electron chi connectivity index (χ4n) is 2.58. The molecule has 28 heavy (non-hydrogen) atoms. The standard InChI is InChI=1S/C19H17BrF2N4OS/c1-10(11-4-5-14(21)15(22)7-11)26-19(27)16-17(23)13(20)9-25-18(16)24-8-12-3-2-6-28-12/h2-7,9-10H,8H2,1H3,(H,26,27)(H3,23,24,25). The zero-order valence-electron chi connectivity index (χ0n) is 14.8. The van der Waals surface area contributed by atoms with Crippen molar-refractivity contribution in [1.29, 1.82) is 0 Å². The molecule has 2 aromatic heterocycles. The molecule has 0 saturated carbocycles. The minimum atomic E-state index is -0.972. The lowest BCUT2D eigenvalue weighted by atomic mass is 10.1. The molecule has 0 bridgehead atoms. The number of rotatable bonds is 6. The van der Waals surface area contributed by atoms with E-state index in [9.17, 15) is 13.6 Å². The molecule has 146 valence electrons. The number of thiophene rings is 1. The van der Waals surface area contributed by atoms with Crippen LogP contribution in [0.15, 0.2) is 46.4 Å². The minimum absolute atomic E-state index is 0.181. The summed E-state index contributed by atoms with van der Waals surface area (Å²) in [5.74, 6) is -2.05. The zero-order valence-corrected chi connectivity index (χ0v) is 17.2. The first-order chi connectivity index (χ1) is 13.4. The van der Waals surface area contributed by atoms with Gasteiger partial charge < -0.3 is 16.4 Å². The predicted octanol–water partition coefficient (Wildman–Crippen LogP) is 4.87.